The topological polar surface area (TPSA) is 9.23 Å². The van der Waals surface area contributed by atoms with Crippen molar-refractivity contribution < 1.29 is 22.3 Å². The quantitative estimate of drug-likeness (QED) is 0.231. The van der Waals surface area contributed by atoms with E-state index in [-0.39, 0.29) is 41.8 Å². The van der Waals surface area contributed by atoms with Gasteiger partial charge in [-0.25, -0.2) is 17.6 Å². The van der Waals surface area contributed by atoms with Crippen molar-refractivity contribution in [2.45, 2.75) is 48.5 Å². The maximum Gasteiger partial charge on any atom is 0.164 e. The van der Waals surface area contributed by atoms with Crippen molar-refractivity contribution in [2.75, 3.05) is 13.2 Å². The summed E-state index contributed by atoms with van der Waals surface area (Å²) in [7, 11) is 0. The summed E-state index contributed by atoms with van der Waals surface area (Å²) in [5, 5.41) is 0. The van der Waals surface area contributed by atoms with Crippen molar-refractivity contribution >= 4 is 0 Å². The molecule has 0 radical (unpaired) electrons. The van der Waals surface area contributed by atoms with Gasteiger partial charge in [0.25, 0.3) is 0 Å². The van der Waals surface area contributed by atoms with E-state index in [1.54, 1.807) is 19.9 Å². The van der Waals surface area contributed by atoms with Gasteiger partial charge in [0.15, 0.2) is 23.3 Å². The summed E-state index contributed by atoms with van der Waals surface area (Å²) >= 11 is 0. The first-order valence-electron chi connectivity index (χ1n) is 8.78. The monoisotopic (exact) mass is 374 g/mol. The van der Waals surface area contributed by atoms with Gasteiger partial charge in [-0.2, -0.15) is 0 Å². The Morgan fingerprint density at radius 2 is 1.50 bits per heavy atom. The zero-order valence-corrected chi connectivity index (χ0v) is 16.7. The molecule has 26 heavy (non-hydrogen) atoms. The minimum Gasteiger partial charge on any atom is -0.377 e. The summed E-state index contributed by atoms with van der Waals surface area (Å²) < 4.78 is 62.1. The minimum atomic E-state index is -1.24. The largest absolute Gasteiger partial charge is 0.377 e. The second-order valence-electron chi connectivity index (χ2n) is 6.42. The lowest BCUT2D eigenvalue weighted by Crippen LogP contribution is -2.05. The van der Waals surface area contributed by atoms with Crippen LogP contribution in [0.1, 0.15) is 48.5 Å². The Morgan fingerprint density at radius 3 is 1.96 bits per heavy atom. The predicted octanol–water partition coefficient (Wildman–Crippen LogP) is 7.46. The van der Waals surface area contributed by atoms with Gasteiger partial charge in [0.05, 0.1) is 6.61 Å². The molecule has 0 aromatic rings. The molecule has 0 aliphatic carbocycles. The molecule has 0 heterocycles. The summed E-state index contributed by atoms with van der Waals surface area (Å²) in [5.74, 6) is -4.69. The Morgan fingerprint density at radius 1 is 0.923 bits per heavy atom. The normalized spacial score (nSPS) is 17.3. The highest BCUT2D eigenvalue weighted by Gasteiger charge is 2.21. The van der Waals surface area contributed by atoms with Crippen molar-refractivity contribution in [1.82, 2.24) is 0 Å². The van der Waals surface area contributed by atoms with E-state index < -0.39 is 23.3 Å². The number of halogens is 4. The lowest BCUT2D eigenvalue weighted by Gasteiger charge is -2.13. The van der Waals surface area contributed by atoms with Gasteiger partial charge in [0, 0.05) is 12.2 Å². The molecule has 0 saturated heterocycles. The second kappa shape index (κ2) is 11.9. The molecule has 1 atom stereocenters. The van der Waals surface area contributed by atoms with Crippen LogP contribution in [0.4, 0.5) is 17.6 Å². The van der Waals surface area contributed by atoms with Crippen LogP contribution < -0.4 is 0 Å². The number of ether oxygens (including phenoxy) is 1. The van der Waals surface area contributed by atoms with Gasteiger partial charge < -0.3 is 4.74 Å². The van der Waals surface area contributed by atoms with E-state index in [1.165, 1.54) is 20.8 Å². The number of hydrogen-bond donors (Lipinski definition) is 0. The number of hydrogen-bond acceptors (Lipinski definition) is 1. The van der Waals surface area contributed by atoms with E-state index in [0.717, 1.165) is 6.08 Å². The molecule has 0 fully saturated rings. The van der Waals surface area contributed by atoms with Crippen LogP contribution in [0, 0.1) is 11.8 Å². The van der Waals surface area contributed by atoms with Crippen molar-refractivity contribution in [3.8, 4) is 0 Å². The molecule has 0 saturated carbocycles. The lowest BCUT2D eigenvalue weighted by molar-refractivity contribution is 0.170. The maximum absolute atomic E-state index is 14.6. The smallest absolute Gasteiger partial charge is 0.164 e. The highest BCUT2D eigenvalue weighted by Crippen LogP contribution is 2.32. The van der Waals surface area contributed by atoms with E-state index in [2.05, 4.69) is 0 Å². The fourth-order valence-electron chi connectivity index (χ4n) is 2.01. The molecule has 0 aromatic carbocycles. The summed E-state index contributed by atoms with van der Waals surface area (Å²) in [6, 6.07) is 0. The van der Waals surface area contributed by atoms with Crippen molar-refractivity contribution in [3.05, 3.63) is 58.3 Å². The van der Waals surface area contributed by atoms with E-state index in [4.69, 9.17) is 4.74 Å². The molecule has 0 spiro atoms. The third-order valence-electron chi connectivity index (χ3n) is 3.97. The minimum absolute atomic E-state index is 0.182. The van der Waals surface area contributed by atoms with Crippen LogP contribution in [0.3, 0.4) is 0 Å². The Hall–Kier alpha value is -1.62. The van der Waals surface area contributed by atoms with Crippen LogP contribution in [0.15, 0.2) is 58.3 Å². The maximum atomic E-state index is 14.6. The molecule has 0 amide bonds. The molecule has 0 aliphatic heterocycles. The molecule has 5 heteroatoms. The standard InChI is InChI=1S/C21H30F4O/c1-8-18(22)21(25)17(12-26-9-2)16(7)20(24)19(23)15(6)14(5)11-10-13(3)4/h8,10-11,13-14H,9,12H2,1-7H3/b11-10-,18-8+,19-15-,20-16-,21-17-. The van der Waals surface area contributed by atoms with Gasteiger partial charge in [-0.1, -0.05) is 32.9 Å². The van der Waals surface area contributed by atoms with E-state index >= 15 is 0 Å². The van der Waals surface area contributed by atoms with Gasteiger partial charge in [-0.05, 0) is 56.8 Å². The molecule has 0 aliphatic rings. The summed E-state index contributed by atoms with van der Waals surface area (Å²) in [6.45, 7) is 11.3. The van der Waals surface area contributed by atoms with Gasteiger partial charge in [-0.15, -0.1) is 0 Å². The van der Waals surface area contributed by atoms with Crippen LogP contribution in [-0.2, 0) is 4.74 Å². The fraction of sp³-hybridized carbons (Fsp3) is 0.524. The summed E-state index contributed by atoms with van der Waals surface area (Å²) in [4.78, 5) is 0. The van der Waals surface area contributed by atoms with Gasteiger partial charge in [-0.3, -0.25) is 0 Å². The van der Waals surface area contributed by atoms with Crippen molar-refractivity contribution in [1.29, 1.82) is 0 Å². The Labute approximate surface area is 154 Å². The Bertz CT molecular complexity index is 622. The molecule has 148 valence electrons. The van der Waals surface area contributed by atoms with Gasteiger partial charge >= 0.3 is 0 Å². The molecule has 0 rings (SSSR count). The zero-order chi connectivity index (χ0) is 20.4. The van der Waals surface area contributed by atoms with Crippen LogP contribution >= 0.6 is 0 Å². The second-order valence-corrected chi connectivity index (χ2v) is 6.42. The van der Waals surface area contributed by atoms with Crippen LogP contribution in [-0.4, -0.2) is 13.2 Å². The van der Waals surface area contributed by atoms with Crippen LogP contribution in [0.5, 0.6) is 0 Å². The van der Waals surface area contributed by atoms with Crippen LogP contribution in [0.25, 0.3) is 0 Å². The highest BCUT2D eigenvalue weighted by atomic mass is 19.2. The van der Waals surface area contributed by atoms with E-state index in [9.17, 15) is 17.6 Å². The first kappa shape index (κ1) is 24.4. The molecular weight excluding hydrogens is 344 g/mol. The molecule has 1 nitrogen and oxygen atoms in total. The average Bonchev–Trinajstić information content (AvgIpc) is 2.63. The average molecular weight is 374 g/mol. The third kappa shape index (κ3) is 7.32. The lowest BCUT2D eigenvalue weighted by atomic mass is 9.97. The molecular formula is C21H30F4O. The van der Waals surface area contributed by atoms with Gasteiger partial charge in [0.1, 0.15) is 0 Å². The third-order valence-corrected chi connectivity index (χ3v) is 3.97. The highest BCUT2D eigenvalue weighted by molar-refractivity contribution is 5.44. The van der Waals surface area contributed by atoms with E-state index in [0.29, 0.717) is 0 Å². The zero-order valence-electron chi connectivity index (χ0n) is 16.7. The number of rotatable bonds is 9. The molecule has 0 bridgehead atoms. The summed E-state index contributed by atoms with van der Waals surface area (Å²) in [5.41, 5.74) is -0.473. The molecule has 0 N–H and O–H groups in total. The van der Waals surface area contributed by atoms with Gasteiger partial charge in [0.2, 0.25) is 0 Å². The first-order valence-corrected chi connectivity index (χ1v) is 8.78. The summed E-state index contributed by atoms with van der Waals surface area (Å²) in [6.07, 6.45) is 4.61. The molecule has 1 unspecified atom stereocenters. The Balaban J connectivity index is 6.07. The van der Waals surface area contributed by atoms with E-state index in [1.807, 2.05) is 19.9 Å². The predicted molar refractivity (Wildman–Crippen MR) is 100 cm³/mol. The van der Waals surface area contributed by atoms with Crippen LogP contribution in [0.2, 0.25) is 0 Å². The Kier molecular flexibility index (Phi) is 11.2. The first-order chi connectivity index (χ1) is 12.1. The SMILES string of the molecule is C\C=C(F)/C(F)=C(COCC)/C(C)=C(F)/C(F)=C(\C)C(C)/C=C\C(C)C. The fourth-order valence-corrected chi connectivity index (χ4v) is 2.01. The van der Waals surface area contributed by atoms with Crippen molar-refractivity contribution in [2.24, 2.45) is 11.8 Å². The number of allylic oxidation sites excluding steroid dienone is 8. The molecule has 0 aromatic heterocycles. The van der Waals surface area contributed by atoms with Crippen molar-refractivity contribution in [3.63, 3.8) is 0 Å².